The van der Waals surface area contributed by atoms with Gasteiger partial charge in [0.05, 0.1) is 5.69 Å². The molecule has 130 valence electrons. The lowest BCUT2D eigenvalue weighted by atomic mass is 10.2. The van der Waals surface area contributed by atoms with Gasteiger partial charge in [0.2, 0.25) is 5.91 Å². The zero-order chi connectivity index (χ0) is 16.9. The molecule has 0 spiro atoms. The molecular weight excluding hydrogens is 381 g/mol. The fourth-order valence-electron chi connectivity index (χ4n) is 2.08. The summed E-state index contributed by atoms with van der Waals surface area (Å²) < 4.78 is 7.37. The van der Waals surface area contributed by atoms with Gasteiger partial charge in [0.1, 0.15) is 12.3 Å². The summed E-state index contributed by atoms with van der Waals surface area (Å²) in [7, 11) is 0. The second-order valence-electron chi connectivity index (χ2n) is 4.94. The van der Waals surface area contributed by atoms with Gasteiger partial charge in [0, 0.05) is 16.6 Å². The fraction of sp³-hybridized carbons (Fsp3) is 0.0588. The molecule has 1 heterocycles. The minimum atomic E-state index is -0.257. The monoisotopic (exact) mass is 395 g/mol. The third-order valence-electron chi connectivity index (χ3n) is 3.18. The molecule has 2 aromatic carbocycles. The van der Waals surface area contributed by atoms with Crippen LogP contribution in [-0.4, -0.2) is 10.5 Å². The summed E-state index contributed by atoms with van der Waals surface area (Å²) in [5.41, 5.74) is 0.485. The first-order valence-electron chi connectivity index (χ1n) is 7.12. The fourth-order valence-corrected chi connectivity index (χ4v) is 2.85. The van der Waals surface area contributed by atoms with Crippen LogP contribution in [-0.2, 0) is 11.3 Å². The quantitative estimate of drug-likeness (QED) is 0.665. The van der Waals surface area contributed by atoms with Crippen molar-refractivity contribution >= 4 is 46.9 Å². The number of thiazole rings is 1. The molecule has 0 aliphatic rings. The molecule has 0 radical (unpaired) electrons. The van der Waals surface area contributed by atoms with Crippen LogP contribution in [0.25, 0.3) is 0 Å². The molecule has 1 amide bonds. The number of nitrogens with one attached hydrogen (secondary N) is 2. The van der Waals surface area contributed by atoms with E-state index in [4.69, 9.17) is 21.7 Å². The van der Waals surface area contributed by atoms with Gasteiger partial charge in [0.25, 0.3) is 0 Å². The van der Waals surface area contributed by atoms with Crippen LogP contribution in [0.5, 0.6) is 11.5 Å². The third-order valence-corrected chi connectivity index (χ3v) is 4.13. The van der Waals surface area contributed by atoms with E-state index in [2.05, 4.69) is 5.32 Å². The van der Waals surface area contributed by atoms with E-state index >= 15 is 0 Å². The molecule has 0 aliphatic carbocycles. The lowest BCUT2D eigenvalue weighted by Crippen LogP contribution is -2.24. The second kappa shape index (κ2) is 8.71. The van der Waals surface area contributed by atoms with E-state index in [1.54, 1.807) is 34.3 Å². The van der Waals surface area contributed by atoms with Crippen molar-refractivity contribution < 1.29 is 9.53 Å². The number of carbonyl (C=O) groups excluding carboxylic acids is 1. The summed E-state index contributed by atoms with van der Waals surface area (Å²) in [5, 5.41) is 12.8. The van der Waals surface area contributed by atoms with E-state index in [0.29, 0.717) is 27.0 Å². The molecule has 0 atom stereocenters. The maximum Gasteiger partial charge on any atom is 0.244 e. The summed E-state index contributed by atoms with van der Waals surface area (Å²) in [6, 6.07) is 14.3. The Morgan fingerprint density at radius 1 is 1.24 bits per heavy atom. The summed E-state index contributed by atoms with van der Waals surface area (Å²) in [4.78, 5) is 12.6. The molecule has 3 aromatic rings. The molecule has 0 saturated carbocycles. The summed E-state index contributed by atoms with van der Waals surface area (Å²) in [5.74, 6) is 0.906. The number of hydrogen-bond donors (Lipinski definition) is 2. The number of nitrogens with zero attached hydrogens (tertiary/aromatic N) is 1. The Labute approximate surface area is 159 Å². The second-order valence-corrected chi connectivity index (χ2v) is 6.27. The van der Waals surface area contributed by atoms with Gasteiger partial charge in [-0.15, -0.1) is 23.7 Å². The average Bonchev–Trinajstić information content (AvgIpc) is 2.96. The standard InChI is InChI=1S/C17H14ClN3O2S.ClH/c18-12-6-7-15(23-13-4-2-1-3-5-13)14(10-12)20-16(22)11-21-8-9-24-17(21)19;/h1-10,19H,11H2,(H,20,22);1H. The Morgan fingerprint density at radius 3 is 2.68 bits per heavy atom. The molecule has 2 N–H and O–H groups in total. The maximum atomic E-state index is 12.2. The first kappa shape index (κ1) is 19.1. The smallest absolute Gasteiger partial charge is 0.244 e. The lowest BCUT2D eigenvalue weighted by molar-refractivity contribution is -0.116. The zero-order valence-electron chi connectivity index (χ0n) is 12.9. The molecule has 0 saturated heterocycles. The van der Waals surface area contributed by atoms with Crippen LogP contribution < -0.4 is 14.9 Å². The normalized spacial score (nSPS) is 9.96. The maximum absolute atomic E-state index is 12.2. The van der Waals surface area contributed by atoms with Crippen molar-refractivity contribution in [3.8, 4) is 11.5 Å². The summed E-state index contributed by atoms with van der Waals surface area (Å²) >= 11 is 7.29. The SMILES string of the molecule is Cl.N=c1sccn1CC(=O)Nc1cc(Cl)ccc1Oc1ccccc1. The minimum absolute atomic E-state index is 0. The Morgan fingerprint density at radius 2 is 2.00 bits per heavy atom. The van der Waals surface area contributed by atoms with Crippen LogP contribution in [0.4, 0.5) is 5.69 Å². The van der Waals surface area contributed by atoms with E-state index < -0.39 is 0 Å². The molecular formula is C17H15Cl2N3O2S. The number of amides is 1. The van der Waals surface area contributed by atoms with Gasteiger partial charge in [0.15, 0.2) is 10.6 Å². The molecule has 25 heavy (non-hydrogen) atoms. The first-order valence-corrected chi connectivity index (χ1v) is 8.38. The Kier molecular flexibility index (Phi) is 6.64. The molecule has 1 aromatic heterocycles. The van der Waals surface area contributed by atoms with Crippen LogP contribution >= 0.6 is 35.3 Å². The molecule has 3 rings (SSSR count). The van der Waals surface area contributed by atoms with Gasteiger partial charge in [-0.2, -0.15) is 0 Å². The number of para-hydroxylation sites is 1. The third kappa shape index (κ3) is 5.09. The van der Waals surface area contributed by atoms with Gasteiger partial charge in [-0.05, 0) is 30.3 Å². The number of halogens is 2. The van der Waals surface area contributed by atoms with Gasteiger partial charge < -0.3 is 14.6 Å². The van der Waals surface area contributed by atoms with Crippen molar-refractivity contribution in [2.45, 2.75) is 6.54 Å². The van der Waals surface area contributed by atoms with Crippen molar-refractivity contribution in [2.24, 2.45) is 0 Å². The van der Waals surface area contributed by atoms with E-state index in [9.17, 15) is 4.79 Å². The van der Waals surface area contributed by atoms with E-state index in [-0.39, 0.29) is 24.9 Å². The van der Waals surface area contributed by atoms with Gasteiger partial charge >= 0.3 is 0 Å². The predicted molar refractivity (Wildman–Crippen MR) is 102 cm³/mol. The van der Waals surface area contributed by atoms with Gasteiger partial charge in [-0.3, -0.25) is 10.2 Å². The van der Waals surface area contributed by atoms with Crippen LogP contribution in [0.1, 0.15) is 0 Å². The Bertz CT molecular complexity index is 910. The van der Waals surface area contributed by atoms with Crippen molar-refractivity contribution in [2.75, 3.05) is 5.32 Å². The highest BCUT2D eigenvalue weighted by Gasteiger charge is 2.11. The Hall–Kier alpha value is -2.28. The van der Waals surface area contributed by atoms with Crippen LogP contribution in [0.2, 0.25) is 5.02 Å². The zero-order valence-corrected chi connectivity index (χ0v) is 15.3. The molecule has 5 nitrogen and oxygen atoms in total. The van der Waals surface area contributed by atoms with E-state index in [0.717, 1.165) is 0 Å². The van der Waals surface area contributed by atoms with Crippen molar-refractivity contribution in [3.63, 3.8) is 0 Å². The van der Waals surface area contributed by atoms with Crippen LogP contribution in [0.3, 0.4) is 0 Å². The highest BCUT2D eigenvalue weighted by molar-refractivity contribution is 7.06. The number of aromatic nitrogens is 1. The minimum Gasteiger partial charge on any atom is -0.455 e. The highest BCUT2D eigenvalue weighted by atomic mass is 35.5. The topological polar surface area (TPSA) is 67.1 Å². The lowest BCUT2D eigenvalue weighted by Gasteiger charge is -2.13. The van der Waals surface area contributed by atoms with Crippen molar-refractivity contribution in [3.05, 3.63) is 69.9 Å². The number of ether oxygens (including phenoxy) is 1. The molecule has 8 heteroatoms. The van der Waals surface area contributed by atoms with Gasteiger partial charge in [-0.25, -0.2) is 0 Å². The Balaban J connectivity index is 0.00000225. The largest absolute Gasteiger partial charge is 0.455 e. The van der Waals surface area contributed by atoms with Crippen LogP contribution in [0, 0.1) is 5.41 Å². The summed E-state index contributed by atoms with van der Waals surface area (Å²) in [6.07, 6.45) is 1.70. The number of hydrogen-bond acceptors (Lipinski definition) is 4. The number of rotatable bonds is 5. The number of benzene rings is 2. The van der Waals surface area contributed by atoms with E-state index in [1.165, 1.54) is 11.3 Å². The van der Waals surface area contributed by atoms with Crippen LogP contribution in [0.15, 0.2) is 60.1 Å². The number of carbonyl (C=O) groups is 1. The molecule has 0 unspecified atom stereocenters. The highest BCUT2D eigenvalue weighted by Crippen LogP contribution is 2.31. The molecule has 0 bridgehead atoms. The summed E-state index contributed by atoms with van der Waals surface area (Å²) in [6.45, 7) is 0.0552. The van der Waals surface area contributed by atoms with E-state index in [1.807, 2.05) is 30.3 Å². The predicted octanol–water partition coefficient (Wildman–Crippen LogP) is 4.54. The first-order chi connectivity index (χ1) is 11.6. The molecule has 0 fully saturated rings. The molecule has 0 aliphatic heterocycles. The average molecular weight is 396 g/mol. The number of anilines is 1. The van der Waals surface area contributed by atoms with Crippen molar-refractivity contribution in [1.82, 2.24) is 4.57 Å². The van der Waals surface area contributed by atoms with Gasteiger partial charge in [-0.1, -0.05) is 29.8 Å². The van der Waals surface area contributed by atoms with Crippen molar-refractivity contribution in [1.29, 1.82) is 5.41 Å².